The minimum absolute atomic E-state index is 0.774. The summed E-state index contributed by atoms with van der Waals surface area (Å²) in [4.78, 5) is 2.76. The molecule has 0 aromatic heterocycles. The molecule has 0 amide bonds. The minimum Gasteiger partial charge on any atom is -0.314 e. The average molecular weight is 252 g/mol. The Morgan fingerprint density at radius 1 is 1.11 bits per heavy atom. The van der Waals surface area contributed by atoms with Crippen LogP contribution in [0.5, 0.6) is 0 Å². The summed E-state index contributed by atoms with van der Waals surface area (Å²) in [6.45, 7) is 8.73. The summed E-state index contributed by atoms with van der Waals surface area (Å²) in [5.74, 6) is 0.995. The summed E-state index contributed by atoms with van der Waals surface area (Å²) in [5, 5.41) is 3.70. The predicted molar refractivity (Wildman–Crippen MR) is 78.9 cm³/mol. The third-order valence-corrected chi connectivity index (χ3v) is 5.12. The zero-order valence-electron chi connectivity index (χ0n) is 12.5. The van der Waals surface area contributed by atoms with Crippen LogP contribution in [0.2, 0.25) is 0 Å². The van der Waals surface area contributed by atoms with E-state index in [9.17, 15) is 0 Å². The van der Waals surface area contributed by atoms with Crippen molar-refractivity contribution in [2.24, 2.45) is 5.92 Å². The minimum atomic E-state index is 0.774. The number of likely N-dealkylation sites (tertiary alicyclic amines) is 1. The molecule has 0 bridgehead atoms. The van der Waals surface area contributed by atoms with Crippen LogP contribution in [0.1, 0.15) is 65.2 Å². The van der Waals surface area contributed by atoms with Gasteiger partial charge in [0.1, 0.15) is 0 Å². The van der Waals surface area contributed by atoms with Crippen LogP contribution in [-0.4, -0.2) is 36.6 Å². The molecule has 18 heavy (non-hydrogen) atoms. The van der Waals surface area contributed by atoms with E-state index in [0.29, 0.717) is 0 Å². The lowest BCUT2D eigenvalue weighted by molar-refractivity contribution is 0.183. The van der Waals surface area contributed by atoms with E-state index in [2.05, 4.69) is 24.1 Å². The van der Waals surface area contributed by atoms with Crippen molar-refractivity contribution in [2.45, 2.75) is 77.3 Å². The van der Waals surface area contributed by atoms with E-state index >= 15 is 0 Å². The molecule has 2 aliphatic heterocycles. The van der Waals surface area contributed by atoms with Crippen molar-refractivity contribution in [1.29, 1.82) is 0 Å². The standard InChI is InChI=1S/C16H32N2/c1-3-15-7-6-11-18(12-9-15)14(2)13-16-8-4-5-10-17-16/h14-17H,3-13H2,1-2H3. The molecule has 2 aliphatic rings. The largest absolute Gasteiger partial charge is 0.314 e. The van der Waals surface area contributed by atoms with Crippen LogP contribution in [0, 0.1) is 5.92 Å². The zero-order valence-corrected chi connectivity index (χ0v) is 12.5. The average Bonchev–Trinajstić information content (AvgIpc) is 2.65. The number of nitrogens with one attached hydrogen (secondary N) is 1. The highest BCUT2D eigenvalue weighted by Crippen LogP contribution is 2.23. The molecule has 106 valence electrons. The Kier molecular flexibility index (Phi) is 5.97. The summed E-state index contributed by atoms with van der Waals surface area (Å²) in [5.41, 5.74) is 0. The Bertz CT molecular complexity index is 223. The van der Waals surface area contributed by atoms with E-state index in [4.69, 9.17) is 0 Å². The molecule has 0 aromatic carbocycles. The smallest absolute Gasteiger partial charge is 0.00818 e. The van der Waals surface area contributed by atoms with Gasteiger partial charge in [0.05, 0.1) is 0 Å². The molecular weight excluding hydrogens is 220 g/mol. The van der Waals surface area contributed by atoms with E-state index in [1.165, 1.54) is 71.0 Å². The lowest BCUT2D eigenvalue weighted by Gasteiger charge is -2.32. The van der Waals surface area contributed by atoms with E-state index in [-0.39, 0.29) is 0 Å². The quantitative estimate of drug-likeness (QED) is 0.825. The molecule has 2 heterocycles. The van der Waals surface area contributed by atoms with Crippen molar-refractivity contribution >= 4 is 0 Å². The highest BCUT2D eigenvalue weighted by atomic mass is 15.2. The Balaban J connectivity index is 1.75. The lowest BCUT2D eigenvalue weighted by Crippen LogP contribution is -2.42. The van der Waals surface area contributed by atoms with Crippen LogP contribution < -0.4 is 5.32 Å². The third kappa shape index (κ3) is 4.24. The maximum Gasteiger partial charge on any atom is 0.00818 e. The molecule has 2 rings (SSSR count). The predicted octanol–water partition coefficient (Wildman–Crippen LogP) is 3.42. The van der Waals surface area contributed by atoms with Crippen molar-refractivity contribution in [2.75, 3.05) is 19.6 Å². The molecule has 2 heteroatoms. The van der Waals surface area contributed by atoms with Gasteiger partial charge >= 0.3 is 0 Å². The zero-order chi connectivity index (χ0) is 12.8. The maximum atomic E-state index is 3.70. The first kappa shape index (κ1) is 14.3. The molecule has 0 spiro atoms. The molecule has 1 N–H and O–H groups in total. The second-order valence-corrected chi connectivity index (χ2v) is 6.47. The first-order chi connectivity index (χ1) is 8.79. The van der Waals surface area contributed by atoms with E-state index in [1.54, 1.807) is 0 Å². The van der Waals surface area contributed by atoms with Crippen LogP contribution >= 0.6 is 0 Å². The fraction of sp³-hybridized carbons (Fsp3) is 1.00. The van der Waals surface area contributed by atoms with Gasteiger partial charge in [-0.15, -0.1) is 0 Å². The number of piperidine rings is 1. The van der Waals surface area contributed by atoms with E-state index < -0.39 is 0 Å². The first-order valence-electron chi connectivity index (χ1n) is 8.27. The summed E-state index contributed by atoms with van der Waals surface area (Å²) < 4.78 is 0. The number of hydrogen-bond acceptors (Lipinski definition) is 2. The Hall–Kier alpha value is -0.0800. The van der Waals surface area contributed by atoms with Crippen LogP contribution in [0.25, 0.3) is 0 Å². The molecule has 0 saturated carbocycles. The number of rotatable bonds is 4. The fourth-order valence-corrected chi connectivity index (χ4v) is 3.72. The van der Waals surface area contributed by atoms with Gasteiger partial charge in [0, 0.05) is 12.1 Å². The number of hydrogen-bond donors (Lipinski definition) is 1. The van der Waals surface area contributed by atoms with Gasteiger partial charge in [-0.25, -0.2) is 0 Å². The van der Waals surface area contributed by atoms with Gasteiger partial charge in [0.25, 0.3) is 0 Å². The van der Waals surface area contributed by atoms with Gasteiger partial charge in [0.15, 0.2) is 0 Å². The summed E-state index contributed by atoms with van der Waals surface area (Å²) in [6.07, 6.45) is 11.3. The molecule has 0 aromatic rings. The van der Waals surface area contributed by atoms with Crippen LogP contribution in [0.4, 0.5) is 0 Å². The second kappa shape index (κ2) is 7.49. The Labute approximate surface area is 114 Å². The summed E-state index contributed by atoms with van der Waals surface area (Å²) >= 11 is 0. The lowest BCUT2D eigenvalue weighted by atomic mass is 9.97. The van der Waals surface area contributed by atoms with Crippen LogP contribution in [0.3, 0.4) is 0 Å². The molecule has 0 radical (unpaired) electrons. The van der Waals surface area contributed by atoms with Gasteiger partial charge < -0.3 is 10.2 Å². The van der Waals surface area contributed by atoms with Gasteiger partial charge in [-0.05, 0) is 71.0 Å². The van der Waals surface area contributed by atoms with Crippen molar-refractivity contribution < 1.29 is 0 Å². The molecule has 2 nitrogen and oxygen atoms in total. The van der Waals surface area contributed by atoms with Crippen molar-refractivity contribution in [3.05, 3.63) is 0 Å². The first-order valence-corrected chi connectivity index (χ1v) is 8.27. The molecule has 0 aliphatic carbocycles. The second-order valence-electron chi connectivity index (χ2n) is 6.47. The fourth-order valence-electron chi connectivity index (χ4n) is 3.72. The molecule has 2 saturated heterocycles. The van der Waals surface area contributed by atoms with Gasteiger partial charge in [-0.2, -0.15) is 0 Å². The Morgan fingerprint density at radius 3 is 2.72 bits per heavy atom. The highest BCUT2D eigenvalue weighted by Gasteiger charge is 2.22. The van der Waals surface area contributed by atoms with Gasteiger partial charge in [-0.3, -0.25) is 0 Å². The Morgan fingerprint density at radius 2 is 2.00 bits per heavy atom. The normalized spacial score (nSPS) is 33.0. The molecular formula is C16H32N2. The van der Waals surface area contributed by atoms with Crippen molar-refractivity contribution in [3.63, 3.8) is 0 Å². The summed E-state index contributed by atoms with van der Waals surface area (Å²) in [7, 11) is 0. The highest BCUT2D eigenvalue weighted by molar-refractivity contribution is 4.80. The molecule has 3 unspecified atom stereocenters. The monoisotopic (exact) mass is 252 g/mol. The molecule has 3 atom stereocenters. The van der Waals surface area contributed by atoms with Crippen molar-refractivity contribution in [1.82, 2.24) is 10.2 Å². The van der Waals surface area contributed by atoms with E-state index in [1.807, 2.05) is 0 Å². The summed E-state index contributed by atoms with van der Waals surface area (Å²) in [6, 6.07) is 1.56. The van der Waals surface area contributed by atoms with Gasteiger partial charge in [-0.1, -0.05) is 19.8 Å². The third-order valence-electron chi connectivity index (χ3n) is 5.12. The van der Waals surface area contributed by atoms with Crippen LogP contribution in [-0.2, 0) is 0 Å². The topological polar surface area (TPSA) is 15.3 Å². The maximum absolute atomic E-state index is 3.70. The number of nitrogens with zero attached hydrogens (tertiary/aromatic N) is 1. The SMILES string of the molecule is CCC1CCCN(C(C)CC2CCCCN2)CC1. The van der Waals surface area contributed by atoms with E-state index in [0.717, 1.165) is 18.0 Å². The van der Waals surface area contributed by atoms with Crippen LogP contribution in [0.15, 0.2) is 0 Å². The van der Waals surface area contributed by atoms with Crippen molar-refractivity contribution in [3.8, 4) is 0 Å². The molecule has 2 fully saturated rings. The van der Waals surface area contributed by atoms with Gasteiger partial charge in [0.2, 0.25) is 0 Å².